The van der Waals surface area contributed by atoms with Crippen LogP contribution in [0.1, 0.15) is 152 Å². The maximum absolute atomic E-state index is 4.80. The third-order valence-corrected chi connectivity index (χ3v) is 9.39. The molecule has 36 heavy (non-hydrogen) atoms. The van der Waals surface area contributed by atoms with Gasteiger partial charge in [0.1, 0.15) is 0 Å². The van der Waals surface area contributed by atoms with Gasteiger partial charge in [-0.3, -0.25) is 0 Å². The summed E-state index contributed by atoms with van der Waals surface area (Å²) in [7, 11) is 0. The zero-order valence-electron chi connectivity index (χ0n) is 23.4. The van der Waals surface area contributed by atoms with E-state index in [-0.39, 0.29) is 0 Å². The summed E-state index contributed by atoms with van der Waals surface area (Å²) in [6, 6.07) is 9.17. The minimum atomic E-state index is 0.662. The van der Waals surface area contributed by atoms with Crippen molar-refractivity contribution in [1.82, 2.24) is 9.97 Å². The highest BCUT2D eigenvalue weighted by atomic mass is 14.9. The second-order valence-electron chi connectivity index (χ2n) is 12.1. The van der Waals surface area contributed by atoms with Crippen molar-refractivity contribution in [3.8, 4) is 11.4 Å². The van der Waals surface area contributed by atoms with E-state index < -0.39 is 0 Å². The molecule has 1 heterocycles. The third kappa shape index (κ3) is 8.15. The number of nitrogens with zero attached hydrogens (tertiary/aromatic N) is 2. The van der Waals surface area contributed by atoms with Crippen LogP contribution in [0.15, 0.2) is 36.7 Å². The van der Waals surface area contributed by atoms with Crippen LogP contribution in [0.2, 0.25) is 0 Å². The minimum absolute atomic E-state index is 0.662. The lowest BCUT2D eigenvalue weighted by atomic mass is 9.77. The van der Waals surface area contributed by atoms with Gasteiger partial charge in [0.15, 0.2) is 5.82 Å². The SMILES string of the molecule is CCCCCCCCCC1CCC(c2cnc(-c3ccc(C4CCC(CCC)CC4)cc3)nc2)CC1. The Morgan fingerprint density at radius 3 is 1.67 bits per heavy atom. The molecule has 0 amide bonds. The molecule has 2 heteroatoms. The van der Waals surface area contributed by atoms with Crippen LogP contribution in [0, 0.1) is 11.8 Å². The van der Waals surface area contributed by atoms with Gasteiger partial charge in [0.25, 0.3) is 0 Å². The molecule has 0 N–H and O–H groups in total. The lowest BCUT2D eigenvalue weighted by Crippen LogP contribution is -2.14. The van der Waals surface area contributed by atoms with Crippen molar-refractivity contribution in [3.05, 3.63) is 47.8 Å². The monoisotopic (exact) mass is 488 g/mol. The maximum atomic E-state index is 4.80. The molecule has 0 aliphatic heterocycles. The van der Waals surface area contributed by atoms with Gasteiger partial charge in [-0.15, -0.1) is 0 Å². The van der Waals surface area contributed by atoms with Crippen molar-refractivity contribution in [1.29, 1.82) is 0 Å². The van der Waals surface area contributed by atoms with E-state index in [0.29, 0.717) is 5.92 Å². The summed E-state index contributed by atoms with van der Waals surface area (Å²) in [5.74, 6) is 4.21. The van der Waals surface area contributed by atoms with Crippen LogP contribution in [0.25, 0.3) is 11.4 Å². The van der Waals surface area contributed by atoms with Crippen molar-refractivity contribution in [2.45, 2.75) is 141 Å². The van der Waals surface area contributed by atoms with Crippen LogP contribution in [-0.4, -0.2) is 9.97 Å². The second kappa shape index (κ2) is 14.9. The molecule has 1 aromatic carbocycles. The smallest absolute Gasteiger partial charge is 0.159 e. The first-order valence-electron chi connectivity index (χ1n) is 15.7. The number of unbranched alkanes of at least 4 members (excludes halogenated alkanes) is 6. The molecule has 2 aliphatic rings. The third-order valence-electron chi connectivity index (χ3n) is 9.39. The minimum Gasteiger partial charge on any atom is -0.236 e. The van der Waals surface area contributed by atoms with Crippen LogP contribution in [0.5, 0.6) is 0 Å². The molecule has 0 saturated heterocycles. The van der Waals surface area contributed by atoms with E-state index in [1.165, 1.54) is 127 Å². The second-order valence-corrected chi connectivity index (χ2v) is 12.1. The van der Waals surface area contributed by atoms with Crippen molar-refractivity contribution in [2.75, 3.05) is 0 Å². The van der Waals surface area contributed by atoms with E-state index in [9.17, 15) is 0 Å². The largest absolute Gasteiger partial charge is 0.236 e. The summed E-state index contributed by atoms with van der Waals surface area (Å²) in [5.41, 5.74) is 4.02. The average molecular weight is 489 g/mol. The molecule has 2 aromatic rings. The number of hydrogen-bond donors (Lipinski definition) is 0. The van der Waals surface area contributed by atoms with Crippen LogP contribution >= 0.6 is 0 Å². The number of aromatic nitrogens is 2. The van der Waals surface area contributed by atoms with E-state index in [1.54, 1.807) is 0 Å². The Kier molecular flexibility index (Phi) is 11.3. The highest BCUT2D eigenvalue weighted by molar-refractivity contribution is 5.55. The number of rotatable bonds is 13. The molecule has 1 aromatic heterocycles. The Hall–Kier alpha value is -1.70. The zero-order valence-corrected chi connectivity index (χ0v) is 23.4. The van der Waals surface area contributed by atoms with Gasteiger partial charge < -0.3 is 0 Å². The molecule has 198 valence electrons. The van der Waals surface area contributed by atoms with Crippen molar-refractivity contribution in [3.63, 3.8) is 0 Å². The molecular weight excluding hydrogens is 436 g/mol. The fourth-order valence-corrected chi connectivity index (χ4v) is 6.97. The molecule has 2 fully saturated rings. The highest BCUT2D eigenvalue weighted by Gasteiger charge is 2.23. The molecule has 2 saturated carbocycles. The van der Waals surface area contributed by atoms with Gasteiger partial charge in [0.2, 0.25) is 0 Å². The van der Waals surface area contributed by atoms with Gasteiger partial charge in [-0.2, -0.15) is 0 Å². The van der Waals surface area contributed by atoms with Crippen LogP contribution in [0.3, 0.4) is 0 Å². The normalized spacial score (nSPS) is 24.6. The summed E-state index contributed by atoms with van der Waals surface area (Å²) < 4.78 is 0. The number of benzene rings is 1. The first-order valence-corrected chi connectivity index (χ1v) is 15.7. The van der Waals surface area contributed by atoms with Crippen molar-refractivity contribution in [2.24, 2.45) is 11.8 Å². The van der Waals surface area contributed by atoms with Crippen LogP contribution < -0.4 is 0 Å². The molecule has 2 nitrogen and oxygen atoms in total. The van der Waals surface area contributed by atoms with Gasteiger partial charge in [0.05, 0.1) is 0 Å². The van der Waals surface area contributed by atoms with Crippen LogP contribution in [0.4, 0.5) is 0 Å². The lowest BCUT2D eigenvalue weighted by molar-refractivity contribution is 0.301. The first-order chi connectivity index (χ1) is 17.8. The van der Waals surface area contributed by atoms with Crippen molar-refractivity contribution >= 4 is 0 Å². The summed E-state index contributed by atoms with van der Waals surface area (Å²) in [6.07, 6.45) is 29.4. The Morgan fingerprint density at radius 2 is 1.08 bits per heavy atom. The summed E-state index contributed by atoms with van der Waals surface area (Å²) >= 11 is 0. The summed E-state index contributed by atoms with van der Waals surface area (Å²) in [5, 5.41) is 0. The van der Waals surface area contributed by atoms with Crippen molar-refractivity contribution < 1.29 is 0 Å². The van der Waals surface area contributed by atoms with E-state index in [1.807, 2.05) is 0 Å². The molecule has 0 spiro atoms. The molecule has 2 aliphatic carbocycles. The quantitative estimate of drug-likeness (QED) is 0.262. The predicted octanol–water partition coefficient (Wildman–Crippen LogP) is 10.6. The molecule has 4 rings (SSSR count). The average Bonchev–Trinajstić information content (AvgIpc) is 2.94. The standard InChI is InChI=1S/C34H52N2/c1-3-5-6-7-8-9-10-12-28-15-19-31(20-16-28)33-25-35-34(36-26-33)32-23-21-30(22-24-32)29-17-13-27(11-4-2)14-18-29/h21-29,31H,3-20H2,1-2H3. The Morgan fingerprint density at radius 1 is 0.556 bits per heavy atom. The fourth-order valence-electron chi connectivity index (χ4n) is 6.97. The predicted molar refractivity (Wildman–Crippen MR) is 154 cm³/mol. The maximum Gasteiger partial charge on any atom is 0.159 e. The Bertz CT molecular complexity index is 840. The van der Waals surface area contributed by atoms with Gasteiger partial charge in [-0.05, 0) is 86.2 Å². The molecular formula is C34H52N2. The summed E-state index contributed by atoms with van der Waals surface area (Å²) in [4.78, 5) is 9.59. The highest BCUT2D eigenvalue weighted by Crippen LogP contribution is 2.39. The van der Waals surface area contributed by atoms with E-state index in [0.717, 1.165) is 29.1 Å². The molecule has 0 atom stereocenters. The molecule has 0 unspecified atom stereocenters. The number of hydrogen-bond acceptors (Lipinski definition) is 2. The van der Waals surface area contributed by atoms with Gasteiger partial charge >= 0.3 is 0 Å². The van der Waals surface area contributed by atoms with Gasteiger partial charge in [-0.1, -0.05) is 102 Å². The first kappa shape index (κ1) is 27.3. The van der Waals surface area contributed by atoms with E-state index >= 15 is 0 Å². The summed E-state index contributed by atoms with van der Waals surface area (Å²) in [6.45, 7) is 4.62. The van der Waals surface area contributed by atoms with Gasteiger partial charge in [0, 0.05) is 18.0 Å². The Balaban J connectivity index is 1.19. The van der Waals surface area contributed by atoms with E-state index in [2.05, 4.69) is 50.5 Å². The van der Waals surface area contributed by atoms with Gasteiger partial charge in [-0.25, -0.2) is 9.97 Å². The molecule has 0 bridgehead atoms. The van der Waals surface area contributed by atoms with E-state index in [4.69, 9.17) is 9.97 Å². The Labute approximate surface area is 222 Å². The zero-order chi connectivity index (χ0) is 25.0. The topological polar surface area (TPSA) is 25.8 Å². The molecule has 0 radical (unpaired) electrons. The fraction of sp³-hybridized carbons (Fsp3) is 0.706. The lowest BCUT2D eigenvalue weighted by Gasteiger charge is -2.29. The van der Waals surface area contributed by atoms with Crippen LogP contribution in [-0.2, 0) is 0 Å².